The van der Waals surface area contributed by atoms with Crippen LogP contribution in [-0.2, 0) is 4.79 Å². The molecule has 3 N–H and O–H groups in total. The molecule has 3 nitrogen and oxygen atoms in total. The SMILES string of the molecule is CC(C)(C)C(N)C(=O)Nc1ccc(F)cc1. The molecule has 0 fully saturated rings. The van der Waals surface area contributed by atoms with Gasteiger partial charge < -0.3 is 11.1 Å². The molecule has 1 unspecified atom stereocenters. The molecule has 0 saturated carbocycles. The molecule has 0 radical (unpaired) electrons. The largest absolute Gasteiger partial charge is 0.325 e. The van der Waals surface area contributed by atoms with Crippen molar-refractivity contribution in [3.63, 3.8) is 0 Å². The summed E-state index contributed by atoms with van der Waals surface area (Å²) < 4.78 is 12.6. The summed E-state index contributed by atoms with van der Waals surface area (Å²) in [5.41, 5.74) is 6.03. The van der Waals surface area contributed by atoms with Crippen LogP contribution in [0.2, 0.25) is 0 Å². The van der Waals surface area contributed by atoms with Crippen LogP contribution in [0.5, 0.6) is 0 Å². The molecule has 4 heteroatoms. The third kappa shape index (κ3) is 3.31. The Labute approximate surface area is 94.8 Å². The molecule has 0 aliphatic rings. The van der Waals surface area contributed by atoms with Crippen molar-refractivity contribution < 1.29 is 9.18 Å². The molecule has 0 bridgehead atoms. The van der Waals surface area contributed by atoms with Gasteiger partial charge in [-0.3, -0.25) is 4.79 Å². The number of anilines is 1. The average Bonchev–Trinajstić information content (AvgIpc) is 2.19. The molecule has 0 spiro atoms. The fraction of sp³-hybridized carbons (Fsp3) is 0.417. The smallest absolute Gasteiger partial charge is 0.241 e. The fourth-order valence-electron chi connectivity index (χ4n) is 1.15. The summed E-state index contributed by atoms with van der Waals surface area (Å²) in [6.07, 6.45) is 0. The van der Waals surface area contributed by atoms with E-state index in [0.717, 1.165) is 0 Å². The van der Waals surface area contributed by atoms with E-state index in [2.05, 4.69) is 5.32 Å². The summed E-state index contributed by atoms with van der Waals surface area (Å²) in [5.74, 6) is -0.600. The number of carbonyl (C=O) groups is 1. The zero-order valence-electron chi connectivity index (χ0n) is 9.75. The van der Waals surface area contributed by atoms with Gasteiger partial charge in [-0.2, -0.15) is 0 Å². The highest BCUT2D eigenvalue weighted by Gasteiger charge is 2.27. The molecule has 16 heavy (non-hydrogen) atoms. The molecule has 1 atom stereocenters. The molecule has 0 aliphatic heterocycles. The summed E-state index contributed by atoms with van der Waals surface area (Å²) >= 11 is 0. The van der Waals surface area contributed by atoms with Crippen molar-refractivity contribution in [2.24, 2.45) is 11.1 Å². The van der Waals surface area contributed by atoms with E-state index in [4.69, 9.17) is 5.73 Å². The Kier molecular flexibility index (Phi) is 3.65. The van der Waals surface area contributed by atoms with Crippen LogP contribution in [0.25, 0.3) is 0 Å². The Morgan fingerprint density at radius 1 is 1.31 bits per heavy atom. The van der Waals surface area contributed by atoms with Crippen LogP contribution >= 0.6 is 0 Å². The normalized spacial score (nSPS) is 13.3. The molecule has 1 rings (SSSR count). The number of nitrogens with one attached hydrogen (secondary N) is 1. The number of nitrogens with two attached hydrogens (primary N) is 1. The van der Waals surface area contributed by atoms with Gasteiger partial charge in [0.2, 0.25) is 5.91 Å². The summed E-state index contributed by atoms with van der Waals surface area (Å²) in [7, 11) is 0. The van der Waals surface area contributed by atoms with E-state index in [9.17, 15) is 9.18 Å². The summed E-state index contributed by atoms with van der Waals surface area (Å²) in [4.78, 5) is 11.7. The van der Waals surface area contributed by atoms with Gasteiger partial charge in [-0.1, -0.05) is 20.8 Å². The van der Waals surface area contributed by atoms with Gasteiger partial charge in [-0.15, -0.1) is 0 Å². The van der Waals surface area contributed by atoms with E-state index >= 15 is 0 Å². The third-order valence-electron chi connectivity index (χ3n) is 2.33. The highest BCUT2D eigenvalue weighted by atomic mass is 19.1. The number of rotatable bonds is 2. The van der Waals surface area contributed by atoms with Crippen molar-refractivity contribution in [1.29, 1.82) is 0 Å². The Balaban J connectivity index is 2.68. The van der Waals surface area contributed by atoms with Gasteiger partial charge >= 0.3 is 0 Å². The highest BCUT2D eigenvalue weighted by Crippen LogP contribution is 2.19. The highest BCUT2D eigenvalue weighted by molar-refractivity contribution is 5.95. The lowest BCUT2D eigenvalue weighted by atomic mass is 9.87. The van der Waals surface area contributed by atoms with Crippen LogP contribution in [0.15, 0.2) is 24.3 Å². The van der Waals surface area contributed by atoms with Crippen LogP contribution in [-0.4, -0.2) is 11.9 Å². The molecule has 0 aliphatic carbocycles. The second-order valence-corrected chi connectivity index (χ2v) is 4.84. The lowest BCUT2D eigenvalue weighted by molar-refractivity contribution is -0.119. The molecule has 0 aromatic heterocycles. The second-order valence-electron chi connectivity index (χ2n) is 4.84. The first-order valence-electron chi connectivity index (χ1n) is 5.13. The molecule has 0 saturated heterocycles. The molecule has 1 aromatic carbocycles. The second kappa shape index (κ2) is 4.61. The van der Waals surface area contributed by atoms with E-state index in [1.54, 1.807) is 0 Å². The molecule has 1 amide bonds. The van der Waals surface area contributed by atoms with Crippen LogP contribution in [0.1, 0.15) is 20.8 Å². The van der Waals surface area contributed by atoms with Crippen molar-refractivity contribution in [2.45, 2.75) is 26.8 Å². The van der Waals surface area contributed by atoms with Crippen molar-refractivity contribution >= 4 is 11.6 Å². The number of carbonyl (C=O) groups excluding carboxylic acids is 1. The maximum absolute atomic E-state index is 12.6. The quantitative estimate of drug-likeness (QED) is 0.808. The van der Waals surface area contributed by atoms with Gasteiger partial charge in [0.05, 0.1) is 6.04 Å². The topological polar surface area (TPSA) is 55.1 Å². The zero-order chi connectivity index (χ0) is 12.3. The first kappa shape index (κ1) is 12.6. The van der Waals surface area contributed by atoms with Gasteiger partial charge in [0.15, 0.2) is 0 Å². The molecule has 88 valence electrons. The van der Waals surface area contributed by atoms with E-state index in [1.807, 2.05) is 20.8 Å². The third-order valence-corrected chi connectivity index (χ3v) is 2.33. The molecular weight excluding hydrogens is 207 g/mol. The Morgan fingerprint density at radius 3 is 2.25 bits per heavy atom. The minimum Gasteiger partial charge on any atom is -0.325 e. The minimum atomic E-state index is -0.599. The van der Waals surface area contributed by atoms with Gasteiger partial charge in [0.1, 0.15) is 5.82 Å². The summed E-state index contributed by atoms with van der Waals surface area (Å²) in [6, 6.07) is 4.99. The Bertz CT molecular complexity index is 368. The molecule has 1 aromatic rings. The summed E-state index contributed by atoms with van der Waals surface area (Å²) in [5, 5.41) is 2.64. The molecular formula is C12H17FN2O. The lowest BCUT2D eigenvalue weighted by Gasteiger charge is -2.25. The van der Waals surface area contributed by atoms with Gasteiger partial charge in [-0.25, -0.2) is 4.39 Å². The zero-order valence-corrected chi connectivity index (χ0v) is 9.75. The van der Waals surface area contributed by atoms with E-state index in [0.29, 0.717) is 5.69 Å². The van der Waals surface area contributed by atoms with E-state index in [1.165, 1.54) is 24.3 Å². The van der Waals surface area contributed by atoms with Crippen LogP contribution in [0, 0.1) is 11.2 Å². The van der Waals surface area contributed by atoms with Crippen LogP contribution in [0.3, 0.4) is 0 Å². The maximum Gasteiger partial charge on any atom is 0.241 e. The van der Waals surface area contributed by atoms with Crippen LogP contribution in [0.4, 0.5) is 10.1 Å². The predicted molar refractivity (Wildman–Crippen MR) is 62.5 cm³/mol. The summed E-state index contributed by atoms with van der Waals surface area (Å²) in [6.45, 7) is 5.67. The van der Waals surface area contributed by atoms with Gasteiger partial charge in [0.25, 0.3) is 0 Å². The number of halogens is 1. The molecule has 0 heterocycles. The maximum atomic E-state index is 12.6. The Morgan fingerprint density at radius 2 is 1.81 bits per heavy atom. The van der Waals surface area contributed by atoms with Crippen molar-refractivity contribution in [3.05, 3.63) is 30.1 Å². The van der Waals surface area contributed by atoms with Crippen molar-refractivity contribution in [3.8, 4) is 0 Å². The van der Waals surface area contributed by atoms with Crippen LogP contribution < -0.4 is 11.1 Å². The Hall–Kier alpha value is -1.42. The number of hydrogen-bond acceptors (Lipinski definition) is 2. The fourth-order valence-corrected chi connectivity index (χ4v) is 1.15. The monoisotopic (exact) mass is 224 g/mol. The number of amides is 1. The standard InChI is InChI=1S/C12H17FN2O/c1-12(2,3)10(14)11(16)15-9-6-4-8(13)5-7-9/h4-7,10H,14H2,1-3H3,(H,15,16). The van der Waals surface area contributed by atoms with E-state index < -0.39 is 6.04 Å². The van der Waals surface area contributed by atoms with E-state index in [-0.39, 0.29) is 17.1 Å². The van der Waals surface area contributed by atoms with Gasteiger partial charge in [-0.05, 0) is 29.7 Å². The van der Waals surface area contributed by atoms with Gasteiger partial charge in [0, 0.05) is 5.69 Å². The first-order valence-corrected chi connectivity index (χ1v) is 5.13. The minimum absolute atomic E-state index is 0.265. The predicted octanol–water partition coefficient (Wildman–Crippen LogP) is 2.14. The number of benzene rings is 1. The lowest BCUT2D eigenvalue weighted by Crippen LogP contribution is -2.45. The van der Waals surface area contributed by atoms with Crippen molar-refractivity contribution in [1.82, 2.24) is 0 Å². The average molecular weight is 224 g/mol. The number of hydrogen-bond donors (Lipinski definition) is 2. The first-order chi connectivity index (χ1) is 7.30. The van der Waals surface area contributed by atoms with Crippen molar-refractivity contribution in [2.75, 3.05) is 5.32 Å².